The zero-order valence-electron chi connectivity index (χ0n) is 12.0. The van der Waals surface area contributed by atoms with Crippen LogP contribution in [-0.4, -0.2) is 14.2 Å². The van der Waals surface area contributed by atoms with E-state index in [4.69, 9.17) is 9.47 Å². The summed E-state index contributed by atoms with van der Waals surface area (Å²) in [5.74, 6) is 1.80. The Morgan fingerprint density at radius 2 is 1.27 bits per heavy atom. The van der Waals surface area contributed by atoms with Crippen molar-refractivity contribution >= 4 is 65.9 Å². The molecule has 2 nitrogen and oxygen atoms in total. The maximum absolute atomic E-state index is 5.28. The van der Waals surface area contributed by atoms with Crippen LogP contribution in [0.1, 0.15) is 0 Å². The van der Waals surface area contributed by atoms with Gasteiger partial charge in [-0.15, -0.1) is 11.7 Å². The SMILES string of the molecule is COc1ccc([P+]2(c3ccc(OC)cc3)SP(SS)S2)cc1. The highest BCUT2D eigenvalue weighted by Gasteiger charge is 2.61. The Kier molecular flexibility index (Phi) is 5.81. The monoisotopic (exact) mass is 405 g/mol. The summed E-state index contributed by atoms with van der Waals surface area (Å²) in [5.41, 5.74) is -1.58. The van der Waals surface area contributed by atoms with Crippen LogP contribution in [-0.2, 0) is 0 Å². The summed E-state index contributed by atoms with van der Waals surface area (Å²) in [5, 5.41) is 2.80. The molecule has 2 aromatic rings. The average Bonchev–Trinajstić information content (AvgIpc) is 2.55. The molecule has 0 bridgehead atoms. The van der Waals surface area contributed by atoms with Gasteiger partial charge in [0.2, 0.25) is 5.67 Å². The van der Waals surface area contributed by atoms with Crippen molar-refractivity contribution in [3.63, 3.8) is 0 Å². The predicted molar refractivity (Wildman–Crippen MR) is 111 cm³/mol. The maximum atomic E-state index is 5.28. The molecule has 8 heteroatoms. The van der Waals surface area contributed by atoms with Crippen LogP contribution in [0.5, 0.6) is 11.5 Å². The molecule has 1 saturated heterocycles. The Labute approximate surface area is 149 Å². The van der Waals surface area contributed by atoms with E-state index in [-0.39, 0.29) is 5.53 Å². The summed E-state index contributed by atoms with van der Waals surface area (Å²) in [4.78, 5) is 0. The van der Waals surface area contributed by atoms with Crippen molar-refractivity contribution in [1.29, 1.82) is 0 Å². The molecule has 0 aromatic heterocycles. The Bertz CT molecular complexity index is 581. The topological polar surface area (TPSA) is 18.5 Å². The van der Waals surface area contributed by atoms with Crippen LogP contribution in [0, 0.1) is 0 Å². The number of methoxy groups -OCH3 is 2. The van der Waals surface area contributed by atoms with Gasteiger partial charge in [-0.1, -0.05) is 0 Å². The first kappa shape index (κ1) is 17.1. The first-order valence-electron chi connectivity index (χ1n) is 6.41. The van der Waals surface area contributed by atoms with Crippen LogP contribution in [0.25, 0.3) is 0 Å². The summed E-state index contributed by atoms with van der Waals surface area (Å²) in [7, 11) is 5.08. The third kappa shape index (κ3) is 3.24. The first-order valence-corrected chi connectivity index (χ1v) is 16.1. The normalized spacial score (nSPS) is 16.9. The van der Waals surface area contributed by atoms with Gasteiger partial charge in [-0.25, -0.2) is 0 Å². The summed E-state index contributed by atoms with van der Waals surface area (Å²) in [6.45, 7) is 0. The van der Waals surface area contributed by atoms with Crippen molar-refractivity contribution in [2.75, 3.05) is 14.2 Å². The van der Waals surface area contributed by atoms with Crippen molar-refractivity contribution in [2.45, 2.75) is 0 Å². The van der Waals surface area contributed by atoms with Crippen molar-refractivity contribution < 1.29 is 9.47 Å². The number of thiol groups is 1. The molecular weight excluding hydrogens is 390 g/mol. The molecule has 22 heavy (non-hydrogen) atoms. The van der Waals surface area contributed by atoms with Gasteiger partial charge >= 0.3 is 0 Å². The van der Waals surface area contributed by atoms with Crippen LogP contribution in [0.15, 0.2) is 48.5 Å². The molecule has 0 spiro atoms. The highest BCUT2D eigenvalue weighted by atomic mass is 33.8. The number of benzene rings is 2. The smallest absolute Gasteiger partial charge is 0.209 e. The third-order valence-corrected chi connectivity index (χ3v) is 33.3. The maximum Gasteiger partial charge on any atom is 0.209 e. The van der Waals surface area contributed by atoms with Crippen LogP contribution in [0.2, 0.25) is 0 Å². The summed E-state index contributed by atoms with van der Waals surface area (Å²) in [6.07, 6.45) is 0. The zero-order valence-corrected chi connectivity index (χ0v) is 17.1. The van der Waals surface area contributed by atoms with E-state index >= 15 is 0 Å². The van der Waals surface area contributed by atoms with E-state index in [1.807, 2.05) is 0 Å². The quantitative estimate of drug-likeness (QED) is 0.385. The Morgan fingerprint density at radius 1 is 0.864 bits per heavy atom. The molecule has 0 unspecified atom stereocenters. The number of hydrogen-bond acceptors (Lipinski definition) is 6. The average molecular weight is 405 g/mol. The third-order valence-electron chi connectivity index (χ3n) is 3.25. The second kappa shape index (κ2) is 7.46. The van der Waals surface area contributed by atoms with Gasteiger partial charge in [-0.05, 0) is 58.9 Å². The van der Waals surface area contributed by atoms with Crippen LogP contribution >= 0.6 is 55.3 Å². The standard InChI is InChI=1S/C14H14O2P2S4/c1-15-11-3-7-13(8-4-11)18(20-17(21-18)22-19)14-9-5-12(16-2)6-10-14/h3-10H,1-2H3/p+1. The molecular formula is C14H15O2P2S4+. The van der Waals surface area contributed by atoms with E-state index in [0.717, 1.165) is 11.5 Å². The summed E-state index contributed by atoms with van der Waals surface area (Å²) in [6, 6.07) is 17.0. The number of rotatable bonds is 5. The van der Waals surface area contributed by atoms with Crippen molar-refractivity contribution in [2.24, 2.45) is 0 Å². The molecule has 116 valence electrons. The molecule has 0 atom stereocenters. The first-order chi connectivity index (χ1) is 10.7. The molecule has 1 heterocycles. The van der Waals surface area contributed by atoms with Crippen molar-refractivity contribution in [3.8, 4) is 11.5 Å². The number of hydrogen-bond donors (Lipinski definition) is 1. The second-order valence-electron chi connectivity index (χ2n) is 4.42. The van der Waals surface area contributed by atoms with Gasteiger partial charge in [-0.3, -0.25) is 0 Å². The molecule has 1 fully saturated rings. The Hall–Kier alpha value is 0.300. The summed E-state index contributed by atoms with van der Waals surface area (Å²) < 4.78 is 10.6. The molecule has 1 aliphatic heterocycles. The van der Waals surface area contributed by atoms with Crippen LogP contribution in [0.3, 0.4) is 0 Å². The van der Waals surface area contributed by atoms with E-state index in [0.29, 0.717) is 0 Å². The van der Waals surface area contributed by atoms with Gasteiger partial charge < -0.3 is 9.47 Å². The van der Waals surface area contributed by atoms with Gasteiger partial charge in [0.05, 0.1) is 36.2 Å². The van der Waals surface area contributed by atoms with Gasteiger partial charge in [-0.2, -0.15) is 0 Å². The highest BCUT2D eigenvalue weighted by Crippen LogP contribution is 3.08. The van der Waals surface area contributed by atoms with E-state index < -0.39 is 5.67 Å². The molecule has 0 N–H and O–H groups in total. The fraction of sp³-hybridized carbons (Fsp3) is 0.143. The minimum Gasteiger partial charge on any atom is -0.497 e. The van der Waals surface area contributed by atoms with Gasteiger partial charge in [0.1, 0.15) is 22.1 Å². The second-order valence-corrected chi connectivity index (χ2v) is 22.7. The highest BCUT2D eigenvalue weighted by molar-refractivity contribution is 9.54. The minimum absolute atomic E-state index is 0.152. The van der Waals surface area contributed by atoms with Gasteiger partial charge in [0.15, 0.2) is 5.53 Å². The lowest BCUT2D eigenvalue weighted by Gasteiger charge is -2.34. The molecule has 0 amide bonds. The van der Waals surface area contributed by atoms with E-state index in [2.05, 4.69) is 82.2 Å². The van der Waals surface area contributed by atoms with Crippen molar-refractivity contribution in [1.82, 2.24) is 0 Å². The van der Waals surface area contributed by atoms with Gasteiger partial charge in [0.25, 0.3) is 0 Å². The van der Waals surface area contributed by atoms with Gasteiger partial charge in [0, 0.05) is 0 Å². The molecule has 1 aliphatic rings. The lowest BCUT2D eigenvalue weighted by atomic mass is 10.3. The fourth-order valence-corrected chi connectivity index (χ4v) is 37.0. The summed E-state index contributed by atoms with van der Waals surface area (Å²) >= 11 is 8.59. The zero-order chi connectivity index (χ0) is 15.6. The lowest BCUT2D eigenvalue weighted by Crippen LogP contribution is -2.19. The van der Waals surface area contributed by atoms with Crippen LogP contribution in [0.4, 0.5) is 0 Å². The van der Waals surface area contributed by atoms with E-state index in [1.165, 1.54) is 10.6 Å². The van der Waals surface area contributed by atoms with Crippen molar-refractivity contribution in [3.05, 3.63) is 48.5 Å². The molecule has 0 saturated carbocycles. The number of ether oxygens (including phenoxy) is 2. The van der Waals surface area contributed by atoms with Crippen LogP contribution < -0.4 is 20.1 Å². The minimum atomic E-state index is -1.43. The Balaban J connectivity index is 1.97. The molecule has 2 aromatic carbocycles. The predicted octanol–water partition coefficient (Wildman–Crippen LogP) is 5.79. The lowest BCUT2D eigenvalue weighted by molar-refractivity contribution is 0.415. The molecule has 0 aliphatic carbocycles. The Morgan fingerprint density at radius 3 is 1.59 bits per heavy atom. The molecule has 3 rings (SSSR count). The van der Waals surface area contributed by atoms with E-state index in [9.17, 15) is 0 Å². The fourth-order valence-electron chi connectivity index (χ4n) is 2.12. The van der Waals surface area contributed by atoms with E-state index in [1.54, 1.807) is 24.6 Å². The molecule has 0 radical (unpaired) electrons. The largest absolute Gasteiger partial charge is 0.497 e.